The summed E-state index contributed by atoms with van der Waals surface area (Å²) in [6, 6.07) is 0. The highest BCUT2D eigenvalue weighted by molar-refractivity contribution is 4.59. The summed E-state index contributed by atoms with van der Waals surface area (Å²) in [4.78, 5) is 0. The molecule has 0 heteroatoms. The fourth-order valence-corrected chi connectivity index (χ4v) is 3.83. The molecular weight excluding hydrogens is 288 g/mol. The first-order valence-electron chi connectivity index (χ1n) is 11.7. The van der Waals surface area contributed by atoms with Crippen molar-refractivity contribution in [2.75, 3.05) is 0 Å². The molecule has 0 bridgehead atoms. The van der Waals surface area contributed by atoms with Crippen LogP contribution >= 0.6 is 0 Å². The Hall–Kier alpha value is 0. The summed E-state index contributed by atoms with van der Waals surface area (Å²) in [7, 11) is 0. The zero-order chi connectivity index (χ0) is 17.9. The lowest BCUT2D eigenvalue weighted by molar-refractivity contribution is 0.391. The van der Waals surface area contributed by atoms with Crippen molar-refractivity contribution in [2.24, 2.45) is 11.8 Å². The first-order valence-corrected chi connectivity index (χ1v) is 11.7. The zero-order valence-corrected chi connectivity index (χ0v) is 17.9. The maximum Gasteiger partial charge on any atom is -0.0443 e. The van der Waals surface area contributed by atoms with Crippen molar-refractivity contribution >= 4 is 0 Å². The molecule has 0 aromatic rings. The minimum Gasteiger partial charge on any atom is -0.0654 e. The van der Waals surface area contributed by atoms with Crippen LogP contribution in [0.25, 0.3) is 0 Å². The van der Waals surface area contributed by atoms with Crippen LogP contribution in [0.1, 0.15) is 143 Å². The molecule has 0 amide bonds. The van der Waals surface area contributed by atoms with E-state index in [1.54, 1.807) is 0 Å². The highest BCUT2D eigenvalue weighted by Gasteiger charge is 2.06. The molecule has 0 radical (unpaired) electrons. The van der Waals surface area contributed by atoms with Crippen LogP contribution in [-0.4, -0.2) is 0 Å². The minimum atomic E-state index is 0.960. The molecule has 0 saturated heterocycles. The van der Waals surface area contributed by atoms with Gasteiger partial charge in [0.05, 0.1) is 0 Å². The third kappa shape index (κ3) is 18.3. The Balaban J connectivity index is 3.29. The fraction of sp³-hybridized carbons (Fsp3) is 1.00. The van der Waals surface area contributed by atoms with Gasteiger partial charge >= 0.3 is 0 Å². The largest absolute Gasteiger partial charge is 0.0654 e. The van der Waals surface area contributed by atoms with Crippen molar-refractivity contribution in [1.82, 2.24) is 0 Å². The van der Waals surface area contributed by atoms with E-state index in [0.717, 1.165) is 11.8 Å². The highest BCUT2D eigenvalue weighted by atomic mass is 14.1. The Morgan fingerprint density at radius 1 is 0.375 bits per heavy atom. The van der Waals surface area contributed by atoms with Crippen LogP contribution in [0.2, 0.25) is 0 Å². The average molecular weight is 339 g/mol. The molecule has 2 atom stereocenters. The molecule has 146 valence electrons. The van der Waals surface area contributed by atoms with Gasteiger partial charge in [-0.25, -0.2) is 0 Å². The van der Waals surface area contributed by atoms with Gasteiger partial charge in [0.1, 0.15) is 0 Å². The van der Waals surface area contributed by atoms with Crippen LogP contribution in [0.5, 0.6) is 0 Å². The Bertz CT molecular complexity index is 220. The molecule has 0 aliphatic rings. The monoisotopic (exact) mass is 338 g/mol. The predicted molar refractivity (Wildman–Crippen MR) is 113 cm³/mol. The molecule has 24 heavy (non-hydrogen) atoms. The van der Waals surface area contributed by atoms with Gasteiger partial charge in [-0.05, 0) is 11.8 Å². The molecule has 0 nitrogen and oxygen atoms in total. The van der Waals surface area contributed by atoms with Crippen molar-refractivity contribution in [3.8, 4) is 0 Å². The Labute approximate surface area is 155 Å². The summed E-state index contributed by atoms with van der Waals surface area (Å²) in [6.45, 7) is 9.56. The number of hydrogen-bond donors (Lipinski definition) is 0. The first-order chi connectivity index (χ1) is 11.7. The van der Waals surface area contributed by atoms with E-state index in [4.69, 9.17) is 0 Å². The molecule has 0 rings (SSSR count). The standard InChI is InChI=1S/C24H50/c1-5-7-9-11-13-15-17-20-24(4)22-18-21-23(3)19-16-14-12-10-8-6-2/h23-24H,5-22H2,1-4H3. The number of hydrogen-bond acceptors (Lipinski definition) is 0. The van der Waals surface area contributed by atoms with Crippen LogP contribution < -0.4 is 0 Å². The summed E-state index contributed by atoms with van der Waals surface area (Å²) in [5.74, 6) is 1.92. The molecule has 0 aromatic heterocycles. The Kier molecular flexibility index (Phi) is 19.3. The smallest absolute Gasteiger partial charge is 0.0443 e. The van der Waals surface area contributed by atoms with E-state index < -0.39 is 0 Å². The van der Waals surface area contributed by atoms with E-state index in [1.165, 1.54) is 116 Å². The number of rotatable bonds is 19. The maximum atomic E-state index is 2.48. The molecule has 2 unspecified atom stereocenters. The van der Waals surface area contributed by atoms with Gasteiger partial charge in [0.2, 0.25) is 0 Å². The normalized spacial score (nSPS) is 14.0. The minimum absolute atomic E-state index is 0.960. The van der Waals surface area contributed by atoms with Gasteiger partial charge in [0.15, 0.2) is 0 Å². The van der Waals surface area contributed by atoms with Crippen LogP contribution in [-0.2, 0) is 0 Å². The lowest BCUT2D eigenvalue weighted by Gasteiger charge is -2.14. The molecular formula is C24H50. The van der Waals surface area contributed by atoms with E-state index in [-0.39, 0.29) is 0 Å². The molecule has 0 heterocycles. The van der Waals surface area contributed by atoms with Crippen molar-refractivity contribution in [1.29, 1.82) is 0 Å². The van der Waals surface area contributed by atoms with E-state index in [2.05, 4.69) is 27.7 Å². The van der Waals surface area contributed by atoms with Crippen molar-refractivity contribution in [3.05, 3.63) is 0 Å². The SMILES string of the molecule is CCCCCCCCCC(C)CCCC(C)CCCCCCCC. The van der Waals surface area contributed by atoms with Crippen LogP contribution in [0.4, 0.5) is 0 Å². The fourth-order valence-electron chi connectivity index (χ4n) is 3.83. The van der Waals surface area contributed by atoms with E-state index >= 15 is 0 Å². The van der Waals surface area contributed by atoms with Gasteiger partial charge in [0.25, 0.3) is 0 Å². The third-order valence-corrected chi connectivity index (χ3v) is 5.74. The van der Waals surface area contributed by atoms with Gasteiger partial charge < -0.3 is 0 Å². The highest BCUT2D eigenvalue weighted by Crippen LogP contribution is 2.21. The summed E-state index contributed by atoms with van der Waals surface area (Å²) >= 11 is 0. The first kappa shape index (κ1) is 24.0. The van der Waals surface area contributed by atoms with Gasteiger partial charge in [-0.3, -0.25) is 0 Å². The van der Waals surface area contributed by atoms with Gasteiger partial charge in [-0.1, -0.05) is 143 Å². The zero-order valence-electron chi connectivity index (χ0n) is 17.9. The van der Waals surface area contributed by atoms with Crippen molar-refractivity contribution in [3.63, 3.8) is 0 Å². The third-order valence-electron chi connectivity index (χ3n) is 5.74. The quantitative estimate of drug-likeness (QED) is 0.206. The molecule has 0 aromatic carbocycles. The average Bonchev–Trinajstić information content (AvgIpc) is 2.57. The van der Waals surface area contributed by atoms with E-state index in [0.29, 0.717) is 0 Å². The second-order valence-corrected chi connectivity index (χ2v) is 8.61. The second-order valence-electron chi connectivity index (χ2n) is 8.61. The summed E-state index contributed by atoms with van der Waals surface area (Å²) < 4.78 is 0. The van der Waals surface area contributed by atoms with Crippen LogP contribution in [0.15, 0.2) is 0 Å². The topological polar surface area (TPSA) is 0 Å². The van der Waals surface area contributed by atoms with Gasteiger partial charge in [-0.15, -0.1) is 0 Å². The predicted octanol–water partition coefficient (Wildman–Crippen LogP) is 9.32. The van der Waals surface area contributed by atoms with Gasteiger partial charge in [-0.2, -0.15) is 0 Å². The molecule has 0 spiro atoms. The summed E-state index contributed by atoms with van der Waals surface area (Å²) in [6.07, 6.45) is 26.2. The lowest BCUT2D eigenvalue weighted by atomic mass is 9.92. The lowest BCUT2D eigenvalue weighted by Crippen LogP contribution is -1.99. The molecule has 0 saturated carbocycles. The molecule has 0 aliphatic carbocycles. The molecule has 0 aliphatic heterocycles. The maximum absolute atomic E-state index is 2.48. The van der Waals surface area contributed by atoms with E-state index in [9.17, 15) is 0 Å². The van der Waals surface area contributed by atoms with Crippen molar-refractivity contribution < 1.29 is 0 Å². The Morgan fingerprint density at radius 2 is 0.667 bits per heavy atom. The summed E-state index contributed by atoms with van der Waals surface area (Å²) in [5.41, 5.74) is 0. The Morgan fingerprint density at radius 3 is 1.04 bits per heavy atom. The molecule has 0 N–H and O–H groups in total. The van der Waals surface area contributed by atoms with Gasteiger partial charge in [0, 0.05) is 0 Å². The van der Waals surface area contributed by atoms with E-state index in [1.807, 2.05) is 0 Å². The van der Waals surface area contributed by atoms with Crippen LogP contribution in [0, 0.1) is 11.8 Å². The summed E-state index contributed by atoms with van der Waals surface area (Å²) in [5, 5.41) is 0. The second kappa shape index (κ2) is 19.3. The van der Waals surface area contributed by atoms with Crippen LogP contribution in [0.3, 0.4) is 0 Å². The number of unbranched alkanes of at least 4 members (excludes halogenated alkanes) is 11. The van der Waals surface area contributed by atoms with Crippen molar-refractivity contribution in [2.45, 2.75) is 143 Å². The molecule has 0 fully saturated rings.